The number of hydrogen-bond donors (Lipinski definition) is 3. The van der Waals surface area contributed by atoms with Crippen molar-refractivity contribution in [1.29, 1.82) is 0 Å². The van der Waals surface area contributed by atoms with Gasteiger partial charge in [-0.15, -0.1) is 5.10 Å². The monoisotopic (exact) mass is 899 g/mol. The van der Waals surface area contributed by atoms with Crippen LogP contribution in [0.1, 0.15) is 92.8 Å². The zero-order chi connectivity index (χ0) is 47.5. The number of ketones is 1. The number of nitrogens with zero attached hydrogens (tertiary/aromatic N) is 6. The summed E-state index contributed by atoms with van der Waals surface area (Å²) < 4.78 is 50.4. The van der Waals surface area contributed by atoms with Crippen molar-refractivity contribution in [1.82, 2.24) is 19.7 Å². The van der Waals surface area contributed by atoms with Crippen molar-refractivity contribution in [3.8, 4) is 5.69 Å². The highest BCUT2D eigenvalue weighted by atomic mass is 19.1. The van der Waals surface area contributed by atoms with Crippen LogP contribution in [0.25, 0.3) is 11.8 Å². The zero-order valence-electron chi connectivity index (χ0n) is 38.8. The van der Waals surface area contributed by atoms with Crippen LogP contribution in [0, 0.1) is 17.8 Å². The molecule has 5 heterocycles. The number of aliphatic hydroxyl groups is 2. The van der Waals surface area contributed by atoms with Gasteiger partial charge in [-0.2, -0.15) is 0 Å². The number of nitrogens with two attached hydrogens (primary N) is 1. The van der Waals surface area contributed by atoms with Crippen LogP contribution in [0.5, 0.6) is 0 Å². The van der Waals surface area contributed by atoms with Crippen LogP contribution in [-0.4, -0.2) is 146 Å². The Bertz CT molecular complexity index is 2060. The molecule has 64 heavy (non-hydrogen) atoms. The van der Waals surface area contributed by atoms with E-state index in [9.17, 15) is 24.6 Å². The van der Waals surface area contributed by atoms with Gasteiger partial charge in [0.05, 0.1) is 54.7 Å². The number of cyclic esters (lactones) is 1. The highest BCUT2D eigenvalue weighted by Gasteiger charge is 2.56. The van der Waals surface area contributed by atoms with Gasteiger partial charge in [-0.3, -0.25) is 14.6 Å². The minimum absolute atomic E-state index is 0.0126. The Balaban J connectivity index is 1.64. The van der Waals surface area contributed by atoms with Gasteiger partial charge in [0.15, 0.2) is 24.5 Å². The van der Waals surface area contributed by atoms with Crippen LogP contribution in [0.4, 0.5) is 10.2 Å². The number of Topliss-reactive ketones (excluding diaryl/α,β-unsaturated/α-hetero) is 1. The molecule has 0 radical (unpaired) electrons. The second-order valence-corrected chi connectivity index (χ2v) is 18.2. The Morgan fingerprint density at radius 2 is 1.86 bits per heavy atom. The summed E-state index contributed by atoms with van der Waals surface area (Å²) in [6, 6.07) is 3.09. The van der Waals surface area contributed by atoms with Crippen molar-refractivity contribution >= 4 is 41.0 Å². The number of hydrogen-bond acceptors (Lipinski definition) is 16. The molecule has 2 aromatic heterocycles. The second-order valence-electron chi connectivity index (χ2n) is 18.2. The molecule has 2 bridgehead atoms. The fourth-order valence-electron chi connectivity index (χ4n) is 9.13. The summed E-state index contributed by atoms with van der Waals surface area (Å²) in [5, 5.41) is 32.8. The third kappa shape index (κ3) is 10.9. The smallest absolute Gasteiger partial charge is 0.351 e. The molecule has 19 heteroatoms. The molecule has 3 fully saturated rings. The average Bonchev–Trinajstić information content (AvgIpc) is 3.61. The first kappa shape index (κ1) is 50.5. The second kappa shape index (κ2) is 20.3. The Hall–Kier alpha value is -4.50. The Morgan fingerprint density at radius 3 is 2.45 bits per heavy atom. The number of oxime groups is 1. The largest absolute Gasteiger partial charge is 0.457 e. The van der Waals surface area contributed by atoms with E-state index in [-0.39, 0.29) is 38.4 Å². The van der Waals surface area contributed by atoms with Gasteiger partial charge < -0.3 is 49.4 Å². The van der Waals surface area contributed by atoms with E-state index in [1.165, 1.54) is 20.8 Å². The number of pyridine rings is 1. The highest BCUT2D eigenvalue weighted by Crippen LogP contribution is 2.41. The molecule has 2 aromatic rings. The maximum Gasteiger partial charge on any atom is 0.351 e. The first-order valence-electron chi connectivity index (χ1n) is 21.7. The van der Waals surface area contributed by atoms with E-state index < -0.39 is 95.1 Å². The van der Waals surface area contributed by atoms with Gasteiger partial charge in [-0.05, 0) is 79.1 Å². The molecule has 0 spiro atoms. The molecule has 18 nitrogen and oxygen atoms in total. The standard InChI is InChI=1S/C45H66FN7O11/c1-13-29-20-53(50-40(29)47)32-16-15-30(48-19-32)23-61-51-31-21-59-39-26(5)35(49-28(7)54)24(3)18-43(8,60-22-31)38(64-41-36(55)33(52(11)12)17-25(4)62-41)27(6)37(56)44(9,46)42(57)63-34(14-2)45(39,10)58/h13,15-16,19-20,24-27,33-34,36,38-39,41,55,58H,1,14,17-18,21-23H2,2-12H3,(H2,47,50)/b49-35?,51-31+/t24-,25-,26+,27+,33+,34-,36-,38-,39+,41+,43-,44+,45-/m1/s1. The molecule has 4 N–H and O–H groups in total. The minimum Gasteiger partial charge on any atom is -0.457 e. The van der Waals surface area contributed by atoms with Gasteiger partial charge in [-0.25, -0.2) is 18.9 Å². The molecule has 0 unspecified atom stereocenters. The lowest BCUT2D eigenvalue weighted by atomic mass is 9.73. The van der Waals surface area contributed by atoms with E-state index in [4.69, 9.17) is 34.3 Å². The number of aliphatic hydroxyl groups excluding tert-OH is 1. The van der Waals surface area contributed by atoms with E-state index in [0.717, 1.165) is 6.92 Å². The molecule has 1 amide bonds. The van der Waals surface area contributed by atoms with Crippen molar-refractivity contribution in [2.45, 2.75) is 148 Å². The number of aliphatic imine (C=N–C) groups is 1. The van der Waals surface area contributed by atoms with Crippen LogP contribution in [-0.2, 0) is 49.5 Å². The molecule has 3 aliphatic rings. The number of fused-ring (bicyclic) bond motifs is 5. The number of esters is 1. The molecular formula is C45H66FN7O11. The number of halogens is 1. The van der Waals surface area contributed by atoms with Crippen LogP contribution < -0.4 is 5.73 Å². The van der Waals surface area contributed by atoms with Crippen molar-refractivity contribution < 1.29 is 57.5 Å². The van der Waals surface area contributed by atoms with Crippen molar-refractivity contribution in [2.24, 2.45) is 27.9 Å². The van der Waals surface area contributed by atoms with E-state index >= 15 is 4.39 Å². The lowest BCUT2D eigenvalue weighted by Crippen LogP contribution is -2.61. The summed E-state index contributed by atoms with van der Waals surface area (Å²) in [4.78, 5) is 57.8. The lowest BCUT2D eigenvalue weighted by Gasteiger charge is -2.47. The van der Waals surface area contributed by atoms with Crippen LogP contribution in [0.3, 0.4) is 0 Å². The molecule has 3 aliphatic heterocycles. The van der Waals surface area contributed by atoms with E-state index in [0.29, 0.717) is 34.9 Å². The molecule has 13 atom stereocenters. The number of ether oxygens (including phenoxy) is 5. The van der Waals surface area contributed by atoms with Crippen molar-refractivity contribution in [2.75, 3.05) is 33.0 Å². The van der Waals surface area contributed by atoms with Gasteiger partial charge in [0.1, 0.15) is 23.5 Å². The third-order valence-corrected chi connectivity index (χ3v) is 12.6. The molecule has 3 saturated heterocycles. The molecule has 0 aromatic carbocycles. The van der Waals surface area contributed by atoms with Crippen LogP contribution in [0.15, 0.2) is 41.3 Å². The fraction of sp³-hybridized carbons (Fsp3) is 0.667. The predicted octanol–water partition coefficient (Wildman–Crippen LogP) is 4.02. The highest BCUT2D eigenvalue weighted by molar-refractivity contribution is 6.08. The summed E-state index contributed by atoms with van der Waals surface area (Å²) in [6.07, 6.45) is -1.70. The fourth-order valence-corrected chi connectivity index (χ4v) is 9.13. The summed E-state index contributed by atoms with van der Waals surface area (Å²) in [5.41, 5.74) is 1.39. The average molecular weight is 900 g/mol. The number of likely N-dealkylation sites (N-methyl/N-ethyl adjacent to an activating group) is 1. The number of aromatic nitrogens is 3. The SMILES string of the molecule is C=Cc1cn(-c2ccc(CO/N=C3\CO[C@H]4[C@@H](C)C(=NC(C)=O)[C@H](C)C[C@@](C)(OC3)[C@H](O[C@@H]3O[C@H](C)C[C@H](N(C)C)[C@H]3O)[C@@H](C)C(=O)[C@](C)(F)C(=O)O[C@H](CC)[C@@]4(C)O)nc2)nc1N. The van der Waals surface area contributed by atoms with Gasteiger partial charge >= 0.3 is 5.97 Å². The van der Waals surface area contributed by atoms with Crippen LogP contribution in [0.2, 0.25) is 0 Å². The number of alkyl halides is 1. The minimum atomic E-state index is -3.23. The summed E-state index contributed by atoms with van der Waals surface area (Å²) in [6.45, 7) is 16.6. The van der Waals surface area contributed by atoms with Gasteiger partial charge in [0.25, 0.3) is 5.67 Å². The Labute approximate surface area is 374 Å². The number of carbonyl (C=O) groups excluding carboxylic acids is 3. The number of carbonyl (C=O) groups is 3. The van der Waals surface area contributed by atoms with E-state index in [1.807, 2.05) is 32.8 Å². The van der Waals surface area contributed by atoms with Gasteiger partial charge in [-0.1, -0.05) is 45.5 Å². The number of rotatable bonds is 9. The molecule has 0 saturated carbocycles. The summed E-state index contributed by atoms with van der Waals surface area (Å²) >= 11 is 0. The first-order valence-corrected chi connectivity index (χ1v) is 21.7. The maximum atomic E-state index is 16.9. The normalized spacial score (nSPS) is 37.1. The molecule has 354 valence electrons. The Kier molecular flexibility index (Phi) is 16.1. The quantitative estimate of drug-likeness (QED) is 0.183. The van der Waals surface area contributed by atoms with Crippen molar-refractivity contribution in [3.63, 3.8) is 0 Å². The number of nitrogen functional groups attached to an aromatic ring is 1. The zero-order valence-corrected chi connectivity index (χ0v) is 38.8. The first-order chi connectivity index (χ1) is 29.9. The number of amides is 1. The Morgan fingerprint density at radius 1 is 1.16 bits per heavy atom. The molecular weight excluding hydrogens is 834 g/mol. The predicted molar refractivity (Wildman–Crippen MR) is 235 cm³/mol. The molecule has 5 rings (SSSR count). The van der Waals surface area contributed by atoms with E-state index in [2.05, 4.69) is 26.8 Å². The van der Waals surface area contributed by atoms with Gasteiger partial charge in [0.2, 0.25) is 5.91 Å². The van der Waals surface area contributed by atoms with Crippen LogP contribution >= 0.6 is 0 Å². The summed E-state index contributed by atoms with van der Waals surface area (Å²) in [5.74, 6) is -5.86. The van der Waals surface area contributed by atoms with Gasteiger partial charge in [0, 0.05) is 42.3 Å². The maximum absolute atomic E-state index is 16.9. The molecule has 0 aliphatic carbocycles. The number of anilines is 1. The topological polar surface area (TPSA) is 232 Å². The van der Waals surface area contributed by atoms with E-state index in [1.54, 1.807) is 56.1 Å². The summed E-state index contributed by atoms with van der Waals surface area (Å²) in [7, 11) is 3.62. The third-order valence-electron chi connectivity index (χ3n) is 12.6. The van der Waals surface area contributed by atoms with Crippen molar-refractivity contribution in [3.05, 3.63) is 42.4 Å². The lowest BCUT2D eigenvalue weighted by molar-refractivity contribution is -0.296.